The Morgan fingerprint density at radius 3 is 2.48 bits per heavy atom. The summed E-state index contributed by atoms with van der Waals surface area (Å²) in [6.07, 6.45) is 0. The zero-order chi connectivity index (χ0) is 15.6. The fourth-order valence-electron chi connectivity index (χ4n) is 1.87. The van der Waals surface area contributed by atoms with Crippen molar-refractivity contribution in [3.8, 4) is 11.4 Å². The van der Waals surface area contributed by atoms with Gasteiger partial charge in [0.25, 0.3) is 0 Å². The number of anilines is 1. The van der Waals surface area contributed by atoms with Gasteiger partial charge in [0, 0.05) is 23.6 Å². The molecule has 1 N–H and O–H groups in total. The third-order valence-corrected chi connectivity index (χ3v) is 3.64. The fraction of sp³-hybridized carbons (Fsp3) is 0.375. The van der Waals surface area contributed by atoms with Crippen molar-refractivity contribution in [1.29, 1.82) is 0 Å². The van der Waals surface area contributed by atoms with Gasteiger partial charge in [0.2, 0.25) is 0 Å². The predicted molar refractivity (Wildman–Crippen MR) is 88.0 cm³/mol. The first-order valence-electron chi connectivity index (χ1n) is 6.90. The molecule has 0 atom stereocenters. The van der Waals surface area contributed by atoms with Gasteiger partial charge >= 0.3 is 0 Å². The molecule has 0 fully saturated rings. The van der Waals surface area contributed by atoms with Crippen LogP contribution in [0.5, 0.6) is 0 Å². The SMILES string of the molecule is CCNc1cc(C(C)(C)C)nc(-c2ccc(F)c(Br)c2)n1. The van der Waals surface area contributed by atoms with Crippen molar-refractivity contribution < 1.29 is 4.39 Å². The molecule has 3 nitrogen and oxygen atoms in total. The van der Waals surface area contributed by atoms with Crippen LogP contribution in [0, 0.1) is 5.82 Å². The molecular weight excluding hydrogens is 333 g/mol. The Bertz CT molecular complexity index is 650. The van der Waals surface area contributed by atoms with E-state index in [-0.39, 0.29) is 11.2 Å². The van der Waals surface area contributed by atoms with Gasteiger partial charge in [-0.2, -0.15) is 0 Å². The maximum Gasteiger partial charge on any atom is 0.161 e. The summed E-state index contributed by atoms with van der Waals surface area (Å²) in [7, 11) is 0. The number of rotatable bonds is 3. The van der Waals surface area contributed by atoms with E-state index in [0.29, 0.717) is 10.3 Å². The second-order valence-corrected chi connectivity index (χ2v) is 6.73. The highest BCUT2D eigenvalue weighted by atomic mass is 79.9. The van der Waals surface area contributed by atoms with Crippen LogP contribution in [0.4, 0.5) is 10.2 Å². The zero-order valence-corrected chi connectivity index (χ0v) is 14.3. The van der Waals surface area contributed by atoms with Gasteiger partial charge in [-0.3, -0.25) is 0 Å². The van der Waals surface area contributed by atoms with Crippen LogP contribution in [0.1, 0.15) is 33.4 Å². The quantitative estimate of drug-likeness (QED) is 0.864. The van der Waals surface area contributed by atoms with Crippen LogP contribution in [-0.4, -0.2) is 16.5 Å². The molecule has 1 aromatic heterocycles. The maximum atomic E-state index is 13.4. The molecule has 0 saturated carbocycles. The average molecular weight is 352 g/mol. The Kier molecular flexibility index (Phi) is 4.61. The van der Waals surface area contributed by atoms with Crippen molar-refractivity contribution >= 4 is 21.7 Å². The second-order valence-electron chi connectivity index (χ2n) is 5.87. The van der Waals surface area contributed by atoms with Crippen molar-refractivity contribution in [3.05, 3.63) is 40.2 Å². The van der Waals surface area contributed by atoms with E-state index in [1.54, 1.807) is 12.1 Å². The maximum absolute atomic E-state index is 13.4. The van der Waals surface area contributed by atoms with Crippen LogP contribution in [0.2, 0.25) is 0 Å². The normalized spacial score (nSPS) is 11.5. The molecule has 2 aromatic rings. The topological polar surface area (TPSA) is 37.8 Å². The standard InChI is InChI=1S/C16H19BrFN3/c1-5-19-14-9-13(16(2,3)4)20-15(21-14)10-6-7-12(18)11(17)8-10/h6-9H,5H2,1-4H3,(H,19,20,21). The molecule has 0 radical (unpaired) electrons. The van der Waals surface area contributed by atoms with E-state index in [1.165, 1.54) is 6.07 Å². The Hall–Kier alpha value is -1.49. The molecule has 0 amide bonds. The first-order chi connectivity index (χ1) is 9.81. The molecule has 1 aromatic carbocycles. The minimum absolute atomic E-state index is 0.0842. The number of aromatic nitrogens is 2. The van der Waals surface area contributed by atoms with E-state index in [0.717, 1.165) is 23.6 Å². The molecule has 0 aliphatic heterocycles. The summed E-state index contributed by atoms with van der Waals surface area (Å²) in [5, 5.41) is 3.22. The molecule has 0 spiro atoms. The van der Waals surface area contributed by atoms with Gasteiger partial charge in [-0.25, -0.2) is 14.4 Å². The van der Waals surface area contributed by atoms with Gasteiger partial charge in [0.15, 0.2) is 5.82 Å². The third kappa shape index (κ3) is 3.79. The average Bonchev–Trinajstić information content (AvgIpc) is 2.41. The highest BCUT2D eigenvalue weighted by Gasteiger charge is 2.18. The minimum atomic E-state index is -0.294. The molecule has 0 unspecified atom stereocenters. The van der Waals surface area contributed by atoms with E-state index >= 15 is 0 Å². The minimum Gasteiger partial charge on any atom is -0.370 e. The van der Waals surface area contributed by atoms with Crippen molar-refractivity contribution in [2.75, 3.05) is 11.9 Å². The van der Waals surface area contributed by atoms with E-state index in [9.17, 15) is 4.39 Å². The number of hydrogen-bond acceptors (Lipinski definition) is 3. The van der Waals surface area contributed by atoms with Crippen molar-refractivity contribution in [1.82, 2.24) is 9.97 Å². The summed E-state index contributed by atoms with van der Waals surface area (Å²) in [5.41, 5.74) is 1.65. The lowest BCUT2D eigenvalue weighted by Crippen LogP contribution is -2.16. The van der Waals surface area contributed by atoms with Crippen LogP contribution in [0.15, 0.2) is 28.7 Å². The molecule has 0 saturated heterocycles. The number of nitrogens with one attached hydrogen (secondary N) is 1. The van der Waals surface area contributed by atoms with Crippen LogP contribution in [0.25, 0.3) is 11.4 Å². The van der Waals surface area contributed by atoms with Gasteiger partial charge in [-0.15, -0.1) is 0 Å². The van der Waals surface area contributed by atoms with Crippen LogP contribution < -0.4 is 5.32 Å². The highest BCUT2D eigenvalue weighted by molar-refractivity contribution is 9.10. The van der Waals surface area contributed by atoms with Crippen molar-refractivity contribution in [2.24, 2.45) is 0 Å². The van der Waals surface area contributed by atoms with Crippen LogP contribution in [-0.2, 0) is 5.41 Å². The summed E-state index contributed by atoms with van der Waals surface area (Å²) >= 11 is 3.20. The van der Waals surface area contributed by atoms with Crippen LogP contribution >= 0.6 is 15.9 Å². The van der Waals surface area contributed by atoms with Gasteiger partial charge in [-0.1, -0.05) is 20.8 Å². The number of halogens is 2. The van der Waals surface area contributed by atoms with E-state index < -0.39 is 0 Å². The molecule has 0 bridgehead atoms. The third-order valence-electron chi connectivity index (χ3n) is 3.03. The largest absolute Gasteiger partial charge is 0.370 e. The van der Waals surface area contributed by atoms with Gasteiger partial charge in [-0.05, 0) is 41.1 Å². The first-order valence-corrected chi connectivity index (χ1v) is 7.69. The monoisotopic (exact) mass is 351 g/mol. The number of benzene rings is 1. The fourth-order valence-corrected chi connectivity index (χ4v) is 2.25. The molecule has 112 valence electrons. The smallest absolute Gasteiger partial charge is 0.161 e. The Balaban J connectivity index is 2.56. The summed E-state index contributed by atoms with van der Waals surface area (Å²) in [5.74, 6) is 1.09. The molecule has 2 rings (SSSR count). The van der Waals surface area contributed by atoms with Gasteiger partial charge in [0.1, 0.15) is 11.6 Å². The lowest BCUT2D eigenvalue weighted by atomic mass is 9.91. The van der Waals surface area contributed by atoms with Crippen LogP contribution in [0.3, 0.4) is 0 Å². The molecule has 0 aliphatic rings. The summed E-state index contributed by atoms with van der Waals surface area (Å²) < 4.78 is 13.8. The first kappa shape index (κ1) is 15.9. The van der Waals surface area contributed by atoms with E-state index in [2.05, 4.69) is 52.0 Å². The number of hydrogen-bond donors (Lipinski definition) is 1. The summed E-state index contributed by atoms with van der Waals surface area (Å²) in [4.78, 5) is 9.15. The Labute approximate surface area is 133 Å². The van der Waals surface area contributed by atoms with Gasteiger partial charge < -0.3 is 5.32 Å². The number of nitrogens with zero attached hydrogens (tertiary/aromatic N) is 2. The Morgan fingerprint density at radius 2 is 1.90 bits per heavy atom. The zero-order valence-electron chi connectivity index (χ0n) is 12.7. The van der Waals surface area contributed by atoms with E-state index in [1.807, 2.05) is 13.0 Å². The second kappa shape index (κ2) is 6.10. The summed E-state index contributed by atoms with van der Waals surface area (Å²) in [6.45, 7) is 9.13. The van der Waals surface area contributed by atoms with Crippen molar-refractivity contribution in [3.63, 3.8) is 0 Å². The molecular formula is C16H19BrFN3. The van der Waals surface area contributed by atoms with Crippen molar-refractivity contribution in [2.45, 2.75) is 33.1 Å². The lowest BCUT2D eigenvalue weighted by Gasteiger charge is -2.19. The molecule has 0 aliphatic carbocycles. The molecule has 1 heterocycles. The predicted octanol–water partition coefficient (Wildman–Crippen LogP) is 4.77. The van der Waals surface area contributed by atoms with Gasteiger partial charge in [0.05, 0.1) is 10.2 Å². The summed E-state index contributed by atoms with van der Waals surface area (Å²) in [6, 6.07) is 6.77. The van der Waals surface area contributed by atoms with E-state index in [4.69, 9.17) is 0 Å². The highest BCUT2D eigenvalue weighted by Crippen LogP contribution is 2.27. The molecule has 5 heteroatoms. The Morgan fingerprint density at radius 1 is 1.19 bits per heavy atom. The molecule has 21 heavy (non-hydrogen) atoms. The lowest BCUT2D eigenvalue weighted by molar-refractivity contribution is 0.568.